The number of nitrogens with two attached hydrogens (primary N) is 1. The molecule has 1 aromatic carbocycles. The van der Waals surface area contributed by atoms with Crippen LogP contribution in [-0.4, -0.2) is 16.9 Å². The van der Waals surface area contributed by atoms with E-state index in [1.807, 2.05) is 0 Å². The van der Waals surface area contributed by atoms with E-state index in [0.717, 1.165) is 10.1 Å². The van der Waals surface area contributed by atoms with Crippen LogP contribution >= 0.6 is 11.3 Å². The summed E-state index contributed by atoms with van der Waals surface area (Å²) in [6.07, 6.45) is 0. The molecular formula is C10H8N2O2S. The fraction of sp³-hybridized carbons (Fsp3) is 0. The van der Waals surface area contributed by atoms with Gasteiger partial charge in [0, 0.05) is 4.70 Å². The van der Waals surface area contributed by atoms with Gasteiger partial charge in [0.25, 0.3) is 0 Å². The van der Waals surface area contributed by atoms with Gasteiger partial charge in [0.15, 0.2) is 0 Å². The first-order valence-corrected chi connectivity index (χ1v) is 5.01. The van der Waals surface area contributed by atoms with Crippen LogP contribution in [0.4, 0.5) is 0 Å². The van der Waals surface area contributed by atoms with E-state index < -0.39 is 5.97 Å². The molecule has 0 aliphatic heterocycles. The summed E-state index contributed by atoms with van der Waals surface area (Å²) in [7, 11) is 0. The molecule has 0 bridgehead atoms. The van der Waals surface area contributed by atoms with Crippen molar-refractivity contribution in [2.24, 2.45) is 5.73 Å². The van der Waals surface area contributed by atoms with Crippen molar-refractivity contribution in [1.82, 2.24) is 0 Å². The fourth-order valence-electron chi connectivity index (χ4n) is 1.30. The molecule has 4 N–H and O–H groups in total. The number of rotatable bonds is 2. The average molecular weight is 220 g/mol. The van der Waals surface area contributed by atoms with E-state index in [4.69, 9.17) is 16.2 Å². The van der Waals surface area contributed by atoms with Gasteiger partial charge in [0.1, 0.15) is 5.84 Å². The highest BCUT2D eigenvalue weighted by atomic mass is 32.1. The molecule has 0 atom stereocenters. The molecule has 0 saturated heterocycles. The second kappa shape index (κ2) is 3.36. The Bertz CT molecular complexity index is 548. The minimum Gasteiger partial charge on any atom is -0.478 e. The van der Waals surface area contributed by atoms with E-state index in [0.29, 0.717) is 4.88 Å². The Morgan fingerprint density at radius 3 is 2.73 bits per heavy atom. The van der Waals surface area contributed by atoms with Crippen molar-refractivity contribution in [2.45, 2.75) is 0 Å². The minimum atomic E-state index is -0.949. The zero-order valence-electron chi connectivity index (χ0n) is 7.65. The van der Waals surface area contributed by atoms with Crippen LogP contribution in [0.25, 0.3) is 10.1 Å². The second-order valence-electron chi connectivity index (χ2n) is 3.08. The SMILES string of the molecule is N=C(N)c1cc2ccc(C(=O)O)cc2s1. The number of fused-ring (bicyclic) bond motifs is 1. The maximum Gasteiger partial charge on any atom is 0.335 e. The van der Waals surface area contributed by atoms with Crippen LogP contribution in [0.5, 0.6) is 0 Å². The molecule has 0 aliphatic rings. The molecule has 1 aromatic heterocycles. The van der Waals surface area contributed by atoms with Gasteiger partial charge in [-0.15, -0.1) is 11.3 Å². The lowest BCUT2D eigenvalue weighted by molar-refractivity contribution is 0.0697. The predicted molar refractivity (Wildman–Crippen MR) is 59.8 cm³/mol. The lowest BCUT2D eigenvalue weighted by Crippen LogP contribution is -2.08. The monoisotopic (exact) mass is 220 g/mol. The van der Waals surface area contributed by atoms with Crippen molar-refractivity contribution in [3.8, 4) is 0 Å². The minimum absolute atomic E-state index is 0.00748. The third-order valence-electron chi connectivity index (χ3n) is 2.03. The van der Waals surface area contributed by atoms with Crippen molar-refractivity contribution >= 4 is 33.2 Å². The molecular weight excluding hydrogens is 212 g/mol. The molecule has 0 spiro atoms. The molecule has 15 heavy (non-hydrogen) atoms. The molecule has 5 heteroatoms. The number of hydrogen-bond donors (Lipinski definition) is 3. The van der Waals surface area contributed by atoms with E-state index in [9.17, 15) is 4.79 Å². The third kappa shape index (κ3) is 1.69. The summed E-state index contributed by atoms with van der Waals surface area (Å²) < 4.78 is 0.833. The summed E-state index contributed by atoms with van der Waals surface area (Å²) in [6.45, 7) is 0. The van der Waals surface area contributed by atoms with Crippen LogP contribution < -0.4 is 5.73 Å². The van der Waals surface area contributed by atoms with Gasteiger partial charge in [0.05, 0.1) is 10.4 Å². The first-order chi connectivity index (χ1) is 7.08. The smallest absolute Gasteiger partial charge is 0.335 e. The molecule has 2 aromatic rings. The van der Waals surface area contributed by atoms with Crippen molar-refractivity contribution in [3.05, 3.63) is 34.7 Å². The molecule has 0 saturated carbocycles. The number of thiophene rings is 1. The van der Waals surface area contributed by atoms with Gasteiger partial charge < -0.3 is 10.8 Å². The summed E-state index contributed by atoms with van der Waals surface area (Å²) in [6, 6.07) is 6.64. The van der Waals surface area contributed by atoms with Crippen molar-refractivity contribution < 1.29 is 9.90 Å². The Morgan fingerprint density at radius 1 is 1.40 bits per heavy atom. The van der Waals surface area contributed by atoms with Crippen LogP contribution in [0.15, 0.2) is 24.3 Å². The molecule has 1 heterocycles. The van der Waals surface area contributed by atoms with Gasteiger partial charge in [-0.3, -0.25) is 5.41 Å². The van der Waals surface area contributed by atoms with E-state index >= 15 is 0 Å². The number of carboxylic acid groups (broad SMARTS) is 1. The molecule has 2 rings (SSSR count). The predicted octanol–water partition coefficient (Wildman–Crippen LogP) is 1.88. The zero-order chi connectivity index (χ0) is 11.0. The highest BCUT2D eigenvalue weighted by Gasteiger charge is 2.07. The normalized spacial score (nSPS) is 10.4. The van der Waals surface area contributed by atoms with Gasteiger partial charge in [-0.25, -0.2) is 4.79 Å². The number of nitrogens with one attached hydrogen (secondary N) is 1. The number of hydrogen-bond acceptors (Lipinski definition) is 3. The standard InChI is InChI=1S/C10H8N2O2S/c11-9(12)8-3-5-1-2-6(10(13)14)4-7(5)15-8/h1-4H,(H3,11,12)(H,13,14). The average Bonchev–Trinajstić information content (AvgIpc) is 2.59. The largest absolute Gasteiger partial charge is 0.478 e. The zero-order valence-corrected chi connectivity index (χ0v) is 8.47. The van der Waals surface area contributed by atoms with Crippen LogP contribution in [0, 0.1) is 5.41 Å². The number of amidine groups is 1. The molecule has 0 unspecified atom stereocenters. The maximum absolute atomic E-state index is 10.7. The van der Waals surface area contributed by atoms with Crippen LogP contribution in [0.3, 0.4) is 0 Å². The third-order valence-corrected chi connectivity index (χ3v) is 3.16. The number of nitrogen functional groups attached to an aromatic ring is 1. The number of carboxylic acids is 1. The first kappa shape index (κ1) is 9.67. The van der Waals surface area contributed by atoms with Gasteiger partial charge in [-0.05, 0) is 23.6 Å². The van der Waals surface area contributed by atoms with Crippen LogP contribution in [0.1, 0.15) is 15.2 Å². The van der Waals surface area contributed by atoms with Gasteiger partial charge >= 0.3 is 5.97 Å². The van der Waals surface area contributed by atoms with E-state index in [1.165, 1.54) is 11.3 Å². The Balaban J connectivity index is 2.62. The van der Waals surface area contributed by atoms with Gasteiger partial charge in [-0.2, -0.15) is 0 Å². The molecule has 4 nitrogen and oxygen atoms in total. The van der Waals surface area contributed by atoms with Gasteiger partial charge in [0.2, 0.25) is 0 Å². The first-order valence-electron chi connectivity index (χ1n) is 4.19. The molecule has 0 aliphatic carbocycles. The Labute approximate surface area is 89.5 Å². The maximum atomic E-state index is 10.7. The lowest BCUT2D eigenvalue weighted by Gasteiger charge is -1.92. The highest BCUT2D eigenvalue weighted by Crippen LogP contribution is 2.26. The van der Waals surface area contributed by atoms with Crippen molar-refractivity contribution in [3.63, 3.8) is 0 Å². The van der Waals surface area contributed by atoms with Crippen molar-refractivity contribution in [1.29, 1.82) is 5.41 Å². The van der Waals surface area contributed by atoms with Gasteiger partial charge in [-0.1, -0.05) is 6.07 Å². The van der Waals surface area contributed by atoms with Crippen LogP contribution in [0.2, 0.25) is 0 Å². The molecule has 76 valence electrons. The number of aromatic carboxylic acids is 1. The highest BCUT2D eigenvalue weighted by molar-refractivity contribution is 7.20. The molecule has 0 radical (unpaired) electrons. The summed E-state index contributed by atoms with van der Waals surface area (Å²) in [4.78, 5) is 11.4. The quantitative estimate of drug-likeness (QED) is 0.533. The Morgan fingerprint density at radius 2 is 2.13 bits per heavy atom. The summed E-state index contributed by atoms with van der Waals surface area (Å²) in [5.41, 5.74) is 5.60. The molecule has 0 fully saturated rings. The van der Waals surface area contributed by atoms with E-state index in [2.05, 4.69) is 0 Å². The summed E-state index contributed by atoms with van der Waals surface area (Å²) >= 11 is 1.32. The summed E-state index contributed by atoms with van der Waals surface area (Å²) in [5.74, 6) is -0.942. The summed E-state index contributed by atoms with van der Waals surface area (Å²) in [5, 5.41) is 17.0. The van der Waals surface area contributed by atoms with Crippen molar-refractivity contribution in [2.75, 3.05) is 0 Å². The fourth-order valence-corrected chi connectivity index (χ4v) is 2.26. The topological polar surface area (TPSA) is 87.2 Å². The lowest BCUT2D eigenvalue weighted by atomic mass is 10.2. The van der Waals surface area contributed by atoms with Crippen LogP contribution in [-0.2, 0) is 0 Å². The second-order valence-corrected chi connectivity index (χ2v) is 4.17. The van der Waals surface area contributed by atoms with E-state index in [-0.39, 0.29) is 11.4 Å². The Kier molecular flexibility index (Phi) is 2.17. The molecule has 0 amide bonds. The number of carbonyl (C=O) groups is 1. The van der Waals surface area contributed by atoms with E-state index in [1.54, 1.807) is 24.3 Å². The Hall–Kier alpha value is -1.88. The number of benzene rings is 1.